The molecule has 4 bridgehead atoms. The van der Waals surface area contributed by atoms with Gasteiger partial charge in [0.25, 0.3) is 0 Å². The van der Waals surface area contributed by atoms with Crippen molar-refractivity contribution >= 4 is 17.5 Å². The molecule has 5 aliphatic rings. The van der Waals surface area contributed by atoms with E-state index in [0.717, 1.165) is 12.3 Å². The second-order valence-electron chi connectivity index (χ2n) is 9.13. The van der Waals surface area contributed by atoms with Gasteiger partial charge in [0.05, 0.1) is 5.25 Å². The van der Waals surface area contributed by atoms with Crippen LogP contribution >= 0.6 is 11.8 Å². The number of ketones is 1. The van der Waals surface area contributed by atoms with Gasteiger partial charge in [-0.1, -0.05) is 20.3 Å². The number of hydrogen-bond donors (Lipinski definition) is 0. The third-order valence-electron chi connectivity index (χ3n) is 6.62. The molecule has 0 N–H and O–H groups in total. The Morgan fingerprint density at radius 1 is 1.00 bits per heavy atom. The zero-order chi connectivity index (χ0) is 14.0. The molecule has 1 nitrogen and oxygen atoms in total. The Morgan fingerprint density at radius 3 is 2.25 bits per heavy atom. The van der Waals surface area contributed by atoms with Gasteiger partial charge in [-0.2, -0.15) is 11.8 Å². The van der Waals surface area contributed by atoms with Gasteiger partial charge in [0, 0.05) is 5.41 Å². The van der Waals surface area contributed by atoms with Gasteiger partial charge in [-0.25, -0.2) is 0 Å². The molecule has 20 heavy (non-hydrogen) atoms. The molecule has 0 radical (unpaired) electrons. The van der Waals surface area contributed by atoms with Crippen LogP contribution < -0.4 is 0 Å². The van der Waals surface area contributed by atoms with Crippen LogP contribution in [-0.2, 0) is 4.79 Å². The minimum atomic E-state index is 0.0813. The Bertz CT molecular complexity index is 419. The largest absolute Gasteiger partial charge is 0.298 e. The van der Waals surface area contributed by atoms with E-state index in [0.29, 0.717) is 21.9 Å². The predicted octanol–water partition coefficient (Wildman–Crippen LogP) is 4.84. The molecular weight excluding hydrogens is 264 g/mol. The van der Waals surface area contributed by atoms with Crippen molar-refractivity contribution in [3.63, 3.8) is 0 Å². The van der Waals surface area contributed by atoms with Gasteiger partial charge in [0.15, 0.2) is 5.78 Å². The van der Waals surface area contributed by atoms with Crippen LogP contribution in [0, 0.1) is 22.2 Å². The van der Waals surface area contributed by atoms with E-state index in [1.807, 2.05) is 11.8 Å². The maximum atomic E-state index is 13.3. The summed E-state index contributed by atoms with van der Waals surface area (Å²) in [5.41, 5.74) is 1.03. The summed E-state index contributed by atoms with van der Waals surface area (Å²) < 4.78 is 0. The minimum absolute atomic E-state index is 0.0813. The molecule has 0 aromatic carbocycles. The first-order valence-electron chi connectivity index (χ1n) is 8.58. The lowest BCUT2D eigenvalue weighted by Gasteiger charge is -2.65. The van der Waals surface area contributed by atoms with Gasteiger partial charge in [-0.3, -0.25) is 4.79 Å². The smallest absolute Gasteiger partial charge is 0.151 e. The lowest BCUT2D eigenvalue weighted by atomic mass is 9.39. The van der Waals surface area contributed by atoms with E-state index in [-0.39, 0.29) is 5.41 Å². The highest BCUT2D eigenvalue weighted by Crippen LogP contribution is 2.70. The fraction of sp³-hybridized carbons (Fsp3) is 0.944. The SMILES string of the molecule is CC12CC3CC(C)(C1)CC(C(=O)C1CCCCS1)(C3)C2. The first kappa shape index (κ1) is 13.7. The van der Waals surface area contributed by atoms with Crippen molar-refractivity contribution in [3.8, 4) is 0 Å². The van der Waals surface area contributed by atoms with E-state index in [9.17, 15) is 4.79 Å². The highest BCUT2D eigenvalue weighted by molar-refractivity contribution is 8.00. The van der Waals surface area contributed by atoms with Crippen LogP contribution in [0.2, 0.25) is 0 Å². The quantitative estimate of drug-likeness (QED) is 0.724. The molecule has 112 valence electrons. The van der Waals surface area contributed by atoms with Crippen LogP contribution in [0.4, 0.5) is 0 Å². The van der Waals surface area contributed by atoms with E-state index in [2.05, 4.69) is 13.8 Å². The highest BCUT2D eigenvalue weighted by Gasteiger charge is 2.63. The van der Waals surface area contributed by atoms with E-state index >= 15 is 0 Å². The molecule has 1 saturated heterocycles. The topological polar surface area (TPSA) is 17.1 Å². The lowest BCUT2D eigenvalue weighted by Crippen LogP contribution is -2.59. The van der Waals surface area contributed by atoms with Crippen molar-refractivity contribution in [2.45, 2.75) is 76.9 Å². The Kier molecular flexibility index (Phi) is 2.92. The normalized spacial score (nSPS) is 54.1. The van der Waals surface area contributed by atoms with E-state index < -0.39 is 0 Å². The monoisotopic (exact) mass is 292 g/mol. The summed E-state index contributed by atoms with van der Waals surface area (Å²) in [7, 11) is 0. The van der Waals surface area contributed by atoms with Crippen molar-refractivity contribution in [2.75, 3.05) is 5.75 Å². The van der Waals surface area contributed by atoms with Crippen molar-refractivity contribution in [3.05, 3.63) is 0 Å². The average molecular weight is 292 g/mol. The van der Waals surface area contributed by atoms with Crippen LogP contribution in [-0.4, -0.2) is 16.8 Å². The van der Waals surface area contributed by atoms with Gasteiger partial charge in [0.1, 0.15) is 0 Å². The van der Waals surface area contributed by atoms with Crippen LogP contribution in [0.15, 0.2) is 0 Å². The number of carbonyl (C=O) groups is 1. The third-order valence-corrected chi connectivity index (χ3v) is 8.00. The summed E-state index contributed by atoms with van der Waals surface area (Å²) in [5.74, 6) is 2.73. The third kappa shape index (κ3) is 2.01. The molecule has 0 spiro atoms. The average Bonchev–Trinajstić information content (AvgIpc) is 2.34. The Morgan fingerprint density at radius 2 is 1.70 bits per heavy atom. The zero-order valence-corrected chi connectivity index (χ0v) is 13.9. The number of rotatable bonds is 2. The van der Waals surface area contributed by atoms with Gasteiger partial charge in [0.2, 0.25) is 0 Å². The zero-order valence-electron chi connectivity index (χ0n) is 13.0. The number of hydrogen-bond acceptors (Lipinski definition) is 2. The molecule has 1 aliphatic heterocycles. The van der Waals surface area contributed by atoms with E-state index in [1.165, 1.54) is 57.1 Å². The molecule has 0 amide bonds. The molecule has 0 aromatic heterocycles. The van der Waals surface area contributed by atoms with Crippen molar-refractivity contribution in [1.29, 1.82) is 0 Å². The molecule has 4 aliphatic carbocycles. The molecule has 3 unspecified atom stereocenters. The van der Waals surface area contributed by atoms with Crippen molar-refractivity contribution in [2.24, 2.45) is 22.2 Å². The summed E-state index contributed by atoms with van der Waals surface area (Å²) in [6.45, 7) is 4.96. The van der Waals surface area contributed by atoms with Crippen molar-refractivity contribution in [1.82, 2.24) is 0 Å². The molecule has 0 aromatic rings. The van der Waals surface area contributed by atoms with Crippen LogP contribution in [0.25, 0.3) is 0 Å². The molecule has 2 heteroatoms. The molecule has 5 fully saturated rings. The summed E-state index contributed by atoms with van der Waals surface area (Å²) >= 11 is 1.97. The predicted molar refractivity (Wildman–Crippen MR) is 84.9 cm³/mol. The van der Waals surface area contributed by atoms with Crippen molar-refractivity contribution < 1.29 is 4.79 Å². The second kappa shape index (κ2) is 4.27. The fourth-order valence-electron chi connectivity index (χ4n) is 7.01. The molecule has 3 atom stereocenters. The van der Waals surface area contributed by atoms with E-state index in [4.69, 9.17) is 0 Å². The van der Waals surface area contributed by atoms with Gasteiger partial charge < -0.3 is 0 Å². The molecule has 5 rings (SSSR count). The first-order valence-corrected chi connectivity index (χ1v) is 9.63. The fourth-order valence-corrected chi connectivity index (χ4v) is 8.40. The number of thioether (sulfide) groups is 1. The molecule has 4 saturated carbocycles. The molecular formula is C18H28OS. The number of Topliss-reactive ketones (excluding diaryl/α,β-unsaturated/α-hetero) is 1. The van der Waals surface area contributed by atoms with Gasteiger partial charge in [-0.05, 0) is 73.9 Å². The lowest BCUT2D eigenvalue weighted by molar-refractivity contribution is -0.167. The van der Waals surface area contributed by atoms with Crippen LogP contribution in [0.1, 0.15) is 71.6 Å². The highest BCUT2D eigenvalue weighted by atomic mass is 32.2. The summed E-state index contributed by atoms with van der Waals surface area (Å²) in [6.07, 6.45) is 11.6. The van der Waals surface area contributed by atoms with E-state index in [1.54, 1.807) is 0 Å². The maximum Gasteiger partial charge on any atom is 0.151 e. The summed E-state index contributed by atoms with van der Waals surface area (Å²) in [6, 6.07) is 0. The minimum Gasteiger partial charge on any atom is -0.298 e. The maximum absolute atomic E-state index is 13.3. The Balaban J connectivity index is 1.64. The summed E-state index contributed by atoms with van der Waals surface area (Å²) in [5, 5.41) is 0.340. The summed E-state index contributed by atoms with van der Waals surface area (Å²) in [4.78, 5) is 13.3. The standard InChI is InChI=1S/C18H28OS/c1-16-7-13-8-17(2,10-16)12-18(9-13,11-16)15(19)14-5-3-4-6-20-14/h13-14H,3-12H2,1-2H3. The number of carbonyl (C=O) groups excluding carboxylic acids is 1. The Hall–Kier alpha value is 0.0200. The van der Waals surface area contributed by atoms with Gasteiger partial charge >= 0.3 is 0 Å². The Labute approximate surface area is 127 Å². The molecule has 1 heterocycles. The van der Waals surface area contributed by atoms with Gasteiger partial charge in [-0.15, -0.1) is 0 Å². The van der Waals surface area contributed by atoms with Crippen LogP contribution in [0.5, 0.6) is 0 Å². The first-order chi connectivity index (χ1) is 9.42. The van der Waals surface area contributed by atoms with Crippen LogP contribution in [0.3, 0.4) is 0 Å². The second-order valence-corrected chi connectivity index (χ2v) is 10.4.